The number of hydrogen-bond acceptors (Lipinski definition) is 3. The van der Waals surface area contributed by atoms with Crippen LogP contribution in [-0.2, 0) is 10.8 Å². The van der Waals surface area contributed by atoms with E-state index in [9.17, 15) is 15.8 Å². The molecule has 6 rings (SSSR count). The molecule has 0 heterocycles. The Hall–Kier alpha value is -3.35. The SMILES string of the molecule is N#CC1(C#N)CC2=C[C@@H]3c4ccccc4C4(C#N)C2(C1)C34c1ccccc1. The molecule has 27 heavy (non-hydrogen) atoms. The smallest absolute Gasteiger partial charge is 0.148 e. The Morgan fingerprint density at radius 1 is 0.852 bits per heavy atom. The average molecular weight is 345 g/mol. The molecule has 3 nitrogen and oxygen atoms in total. The first-order valence-electron chi connectivity index (χ1n) is 9.27. The molecule has 126 valence electrons. The lowest BCUT2D eigenvalue weighted by atomic mass is 9.75. The van der Waals surface area contributed by atoms with E-state index in [4.69, 9.17) is 0 Å². The second-order valence-electron chi connectivity index (χ2n) is 8.36. The molecule has 2 saturated carbocycles. The Labute approximate surface area is 157 Å². The van der Waals surface area contributed by atoms with Crippen LogP contribution in [0.2, 0.25) is 0 Å². The molecule has 2 aromatic carbocycles. The Morgan fingerprint density at radius 3 is 2.26 bits per heavy atom. The highest BCUT2D eigenvalue weighted by Crippen LogP contribution is 2.96. The summed E-state index contributed by atoms with van der Waals surface area (Å²) in [4.78, 5) is 0. The number of rotatable bonds is 1. The molecular weight excluding hydrogens is 330 g/mol. The fraction of sp³-hybridized carbons (Fsp3) is 0.292. The van der Waals surface area contributed by atoms with Crippen LogP contribution in [0.4, 0.5) is 0 Å². The van der Waals surface area contributed by atoms with Crippen molar-refractivity contribution in [2.24, 2.45) is 10.8 Å². The molecule has 0 bridgehead atoms. The summed E-state index contributed by atoms with van der Waals surface area (Å²) in [5.41, 5.74) is 2.12. The molecule has 0 radical (unpaired) electrons. The molecule has 0 aromatic heterocycles. The summed E-state index contributed by atoms with van der Waals surface area (Å²) < 4.78 is 0. The lowest BCUT2D eigenvalue weighted by Crippen LogP contribution is -2.22. The molecule has 4 aliphatic carbocycles. The molecule has 2 fully saturated rings. The second-order valence-corrected chi connectivity index (χ2v) is 8.36. The van der Waals surface area contributed by atoms with E-state index >= 15 is 0 Å². The summed E-state index contributed by atoms with van der Waals surface area (Å²) in [6.45, 7) is 0. The first-order valence-corrected chi connectivity index (χ1v) is 9.27. The van der Waals surface area contributed by atoms with Crippen molar-refractivity contribution in [1.82, 2.24) is 0 Å². The quantitative estimate of drug-likeness (QED) is 0.725. The maximum atomic E-state index is 10.6. The topological polar surface area (TPSA) is 71.4 Å². The number of benzene rings is 2. The van der Waals surface area contributed by atoms with E-state index in [0.717, 1.165) is 16.7 Å². The van der Waals surface area contributed by atoms with Gasteiger partial charge in [-0.1, -0.05) is 66.2 Å². The number of nitrogens with zero attached hydrogens (tertiary/aromatic N) is 3. The van der Waals surface area contributed by atoms with Gasteiger partial charge in [-0.05, 0) is 23.1 Å². The van der Waals surface area contributed by atoms with Crippen molar-refractivity contribution < 1.29 is 0 Å². The van der Waals surface area contributed by atoms with Gasteiger partial charge >= 0.3 is 0 Å². The molecule has 0 aliphatic heterocycles. The van der Waals surface area contributed by atoms with Crippen molar-refractivity contribution >= 4 is 0 Å². The minimum Gasteiger partial charge on any atom is -0.197 e. The highest BCUT2D eigenvalue weighted by molar-refractivity contribution is 5.81. The maximum Gasteiger partial charge on any atom is 0.148 e. The lowest BCUT2D eigenvalue weighted by Gasteiger charge is -2.24. The fourth-order valence-electron chi connectivity index (χ4n) is 7.20. The molecule has 0 amide bonds. The van der Waals surface area contributed by atoms with Crippen LogP contribution in [0.25, 0.3) is 0 Å². The zero-order valence-corrected chi connectivity index (χ0v) is 14.6. The van der Waals surface area contributed by atoms with E-state index in [0.29, 0.717) is 12.8 Å². The number of nitriles is 3. The normalized spacial score (nSPS) is 37.8. The summed E-state index contributed by atoms with van der Waals surface area (Å²) in [6, 6.07) is 25.9. The molecule has 4 atom stereocenters. The van der Waals surface area contributed by atoms with Crippen molar-refractivity contribution in [3.05, 3.63) is 82.9 Å². The van der Waals surface area contributed by atoms with E-state index in [2.05, 4.69) is 48.5 Å². The van der Waals surface area contributed by atoms with Crippen LogP contribution in [0.15, 0.2) is 66.2 Å². The van der Waals surface area contributed by atoms with Gasteiger partial charge in [0.25, 0.3) is 0 Å². The molecule has 4 aliphatic rings. The van der Waals surface area contributed by atoms with E-state index in [1.807, 2.05) is 30.3 Å². The van der Waals surface area contributed by atoms with Crippen LogP contribution in [0.5, 0.6) is 0 Å². The molecule has 0 N–H and O–H groups in total. The standard InChI is InChI=1S/C24H15N3/c25-13-21(14-26)11-17-10-20-18-8-4-5-9-19(18)23(15-27)22(17,12-21)24(20,23)16-6-2-1-3-7-16/h1-10,20H,11-12H2/t20-,22?,23?,24?/m1/s1. The van der Waals surface area contributed by atoms with Crippen LogP contribution in [0.1, 0.15) is 35.4 Å². The van der Waals surface area contributed by atoms with Gasteiger partial charge in [0.2, 0.25) is 0 Å². The van der Waals surface area contributed by atoms with Crippen molar-refractivity contribution in [2.75, 3.05) is 0 Å². The van der Waals surface area contributed by atoms with Crippen molar-refractivity contribution in [3.8, 4) is 18.2 Å². The Balaban J connectivity index is 1.73. The van der Waals surface area contributed by atoms with Gasteiger partial charge in [0, 0.05) is 23.2 Å². The molecule has 3 unspecified atom stereocenters. The van der Waals surface area contributed by atoms with E-state index < -0.39 is 16.2 Å². The first kappa shape index (κ1) is 14.8. The fourth-order valence-corrected chi connectivity index (χ4v) is 7.20. The summed E-state index contributed by atoms with van der Waals surface area (Å²) in [5.74, 6) is 0.140. The van der Waals surface area contributed by atoms with Gasteiger partial charge in [0.1, 0.15) is 10.8 Å². The average Bonchev–Trinajstić information content (AvgIpc) is 2.94. The van der Waals surface area contributed by atoms with Gasteiger partial charge in [-0.3, -0.25) is 0 Å². The Bertz CT molecular complexity index is 1170. The number of fused-ring (bicyclic) bond motifs is 3. The van der Waals surface area contributed by atoms with Gasteiger partial charge in [0.05, 0.1) is 18.2 Å². The summed E-state index contributed by atoms with van der Waals surface area (Å²) in [7, 11) is 0. The zero-order chi connectivity index (χ0) is 18.5. The molecule has 1 spiro atoms. The minimum atomic E-state index is -1.03. The van der Waals surface area contributed by atoms with Crippen molar-refractivity contribution in [2.45, 2.75) is 29.6 Å². The number of allylic oxidation sites excluding steroid dienone is 2. The Kier molecular flexibility index (Phi) is 2.27. The van der Waals surface area contributed by atoms with Gasteiger partial charge in [-0.25, -0.2) is 0 Å². The third kappa shape index (κ3) is 1.13. The van der Waals surface area contributed by atoms with Crippen molar-refractivity contribution in [3.63, 3.8) is 0 Å². The zero-order valence-electron chi connectivity index (χ0n) is 14.6. The third-order valence-corrected chi connectivity index (χ3v) is 7.81. The van der Waals surface area contributed by atoms with E-state index in [-0.39, 0.29) is 11.3 Å². The third-order valence-electron chi connectivity index (χ3n) is 7.81. The van der Waals surface area contributed by atoms with Gasteiger partial charge in [-0.15, -0.1) is 0 Å². The van der Waals surface area contributed by atoms with Crippen LogP contribution in [0.3, 0.4) is 0 Å². The Morgan fingerprint density at radius 2 is 1.56 bits per heavy atom. The second kappa shape index (κ2) is 4.14. The highest BCUT2D eigenvalue weighted by Gasteiger charge is 2.98. The predicted molar refractivity (Wildman–Crippen MR) is 98.0 cm³/mol. The van der Waals surface area contributed by atoms with Crippen molar-refractivity contribution in [1.29, 1.82) is 15.8 Å². The van der Waals surface area contributed by atoms with Gasteiger partial charge < -0.3 is 0 Å². The van der Waals surface area contributed by atoms with Crippen LogP contribution in [0, 0.1) is 44.8 Å². The van der Waals surface area contributed by atoms with Crippen LogP contribution < -0.4 is 0 Å². The largest absolute Gasteiger partial charge is 0.197 e. The molecule has 0 saturated heterocycles. The maximum absolute atomic E-state index is 10.6. The lowest BCUT2D eigenvalue weighted by molar-refractivity contribution is 0.415. The van der Waals surface area contributed by atoms with Crippen LogP contribution in [-0.4, -0.2) is 0 Å². The highest BCUT2D eigenvalue weighted by atomic mass is 15.0. The summed E-state index contributed by atoms with van der Waals surface area (Å²) in [5, 5.41) is 30.2. The monoisotopic (exact) mass is 345 g/mol. The summed E-state index contributed by atoms with van der Waals surface area (Å²) >= 11 is 0. The minimum absolute atomic E-state index is 0.140. The molecule has 3 heteroatoms. The molecular formula is C24H15N3. The van der Waals surface area contributed by atoms with Crippen LogP contribution >= 0.6 is 0 Å². The van der Waals surface area contributed by atoms with E-state index in [1.165, 1.54) is 5.56 Å². The molecule has 2 aromatic rings. The van der Waals surface area contributed by atoms with Gasteiger partial charge in [-0.2, -0.15) is 15.8 Å². The number of hydrogen-bond donors (Lipinski definition) is 0. The summed E-state index contributed by atoms with van der Waals surface area (Å²) in [6.07, 6.45) is 3.19. The van der Waals surface area contributed by atoms with E-state index in [1.54, 1.807) is 0 Å². The first-order chi connectivity index (χ1) is 13.2. The predicted octanol–water partition coefficient (Wildman–Crippen LogP) is 4.25. The van der Waals surface area contributed by atoms with Gasteiger partial charge in [0.15, 0.2) is 0 Å².